The fraction of sp³-hybridized carbons (Fsp3) is 0.160. The molecule has 0 spiro atoms. The summed E-state index contributed by atoms with van der Waals surface area (Å²) in [5.74, 6) is 0.0219. The van der Waals surface area contributed by atoms with Gasteiger partial charge in [0.2, 0.25) is 11.8 Å². The molecule has 3 heterocycles. The van der Waals surface area contributed by atoms with Crippen LogP contribution in [0.1, 0.15) is 12.1 Å². The lowest BCUT2D eigenvalue weighted by Gasteiger charge is -2.16. The zero-order valence-corrected chi connectivity index (χ0v) is 17.3. The minimum absolute atomic E-state index is 0.0408. The number of para-hydroxylation sites is 1. The highest BCUT2D eigenvalue weighted by Gasteiger charge is 2.35. The molecule has 1 aliphatic heterocycles. The number of nitrogens with one attached hydrogen (secondary N) is 1. The van der Waals surface area contributed by atoms with E-state index in [9.17, 15) is 9.59 Å². The number of nitrogens with zero attached hydrogens (tertiary/aromatic N) is 3. The number of fused-ring (bicyclic) bond motifs is 1. The molecule has 0 aliphatic carbocycles. The quantitative estimate of drug-likeness (QED) is 0.507. The summed E-state index contributed by atoms with van der Waals surface area (Å²) in [6.07, 6.45) is 4.07. The molecule has 2 aromatic carbocycles. The number of hydrogen-bond acceptors (Lipinski definition) is 4. The van der Waals surface area contributed by atoms with Crippen LogP contribution < -0.4 is 15.0 Å². The Morgan fingerprint density at radius 3 is 2.75 bits per heavy atom. The monoisotopic (exact) mass is 426 g/mol. The lowest BCUT2D eigenvalue weighted by Crippen LogP contribution is -2.28. The lowest BCUT2D eigenvalue weighted by molar-refractivity contribution is -0.122. The molecule has 1 saturated heterocycles. The third-order valence-electron chi connectivity index (χ3n) is 5.47. The summed E-state index contributed by atoms with van der Waals surface area (Å²) in [5, 5.41) is 2.92. The first-order chi connectivity index (χ1) is 15.7. The summed E-state index contributed by atoms with van der Waals surface area (Å²) >= 11 is 0. The number of amides is 2. The van der Waals surface area contributed by atoms with Gasteiger partial charge in [-0.05, 0) is 36.4 Å². The standard InChI is InChI=1S/C25H22N4O3/c30-24-13-18(15-29(24)21-8-2-1-3-9-21)25(31)27-19-7-6-10-22(14-19)32-17-20-16-28-12-5-4-11-23(28)26-20/h1-12,14,16,18H,13,15,17H2,(H,27,31). The number of anilines is 2. The fourth-order valence-electron chi connectivity index (χ4n) is 3.86. The molecular weight excluding hydrogens is 404 g/mol. The highest BCUT2D eigenvalue weighted by Crippen LogP contribution is 2.26. The highest BCUT2D eigenvalue weighted by molar-refractivity contribution is 6.03. The molecule has 5 rings (SSSR count). The van der Waals surface area contributed by atoms with Gasteiger partial charge in [-0.25, -0.2) is 4.98 Å². The van der Waals surface area contributed by atoms with Crippen LogP contribution in [0.2, 0.25) is 0 Å². The van der Waals surface area contributed by atoms with Crippen LogP contribution in [0.15, 0.2) is 85.2 Å². The van der Waals surface area contributed by atoms with Gasteiger partial charge in [0.25, 0.3) is 0 Å². The number of imidazole rings is 1. The Bertz CT molecular complexity index is 1240. The molecule has 2 amide bonds. The first-order valence-electron chi connectivity index (χ1n) is 10.5. The SMILES string of the molecule is O=C(Nc1cccc(OCc2cn3ccccc3n2)c1)C1CC(=O)N(c2ccccc2)C1. The van der Waals surface area contributed by atoms with Crippen LogP contribution in [0, 0.1) is 5.92 Å². The van der Waals surface area contributed by atoms with E-state index < -0.39 is 5.92 Å². The maximum Gasteiger partial charge on any atom is 0.229 e. The minimum Gasteiger partial charge on any atom is -0.487 e. The van der Waals surface area contributed by atoms with E-state index in [1.165, 1.54) is 0 Å². The summed E-state index contributed by atoms with van der Waals surface area (Å²) in [5.41, 5.74) is 3.13. The molecule has 1 atom stereocenters. The molecule has 0 bridgehead atoms. The molecule has 7 nitrogen and oxygen atoms in total. The summed E-state index contributed by atoms with van der Waals surface area (Å²) in [6.45, 7) is 0.695. The molecule has 1 aliphatic rings. The molecule has 32 heavy (non-hydrogen) atoms. The first-order valence-corrected chi connectivity index (χ1v) is 10.5. The Balaban J connectivity index is 1.21. The topological polar surface area (TPSA) is 75.9 Å². The van der Waals surface area contributed by atoms with Gasteiger partial charge in [0, 0.05) is 42.8 Å². The molecule has 1 N–H and O–H groups in total. The van der Waals surface area contributed by atoms with Gasteiger partial charge < -0.3 is 19.4 Å². The fourth-order valence-corrected chi connectivity index (χ4v) is 3.86. The Kier molecular flexibility index (Phi) is 5.29. The van der Waals surface area contributed by atoms with Crippen molar-refractivity contribution in [3.63, 3.8) is 0 Å². The number of rotatable bonds is 6. The van der Waals surface area contributed by atoms with Gasteiger partial charge in [-0.3, -0.25) is 9.59 Å². The van der Waals surface area contributed by atoms with Crippen LogP contribution in [-0.2, 0) is 16.2 Å². The average Bonchev–Trinajstić information content (AvgIpc) is 3.42. The van der Waals surface area contributed by atoms with Crippen molar-refractivity contribution in [3.8, 4) is 5.75 Å². The first kappa shape index (κ1) is 19.8. The molecule has 0 radical (unpaired) electrons. The van der Waals surface area contributed by atoms with Gasteiger partial charge >= 0.3 is 0 Å². The van der Waals surface area contributed by atoms with Crippen molar-refractivity contribution in [1.29, 1.82) is 0 Å². The maximum atomic E-state index is 12.8. The number of carbonyl (C=O) groups is 2. The number of ether oxygens (including phenoxy) is 1. The number of aromatic nitrogens is 2. The van der Waals surface area contributed by atoms with E-state index in [2.05, 4.69) is 10.3 Å². The van der Waals surface area contributed by atoms with Crippen LogP contribution in [-0.4, -0.2) is 27.7 Å². The summed E-state index contributed by atoms with van der Waals surface area (Å²) in [4.78, 5) is 31.4. The molecule has 7 heteroatoms. The lowest BCUT2D eigenvalue weighted by atomic mass is 10.1. The maximum absolute atomic E-state index is 12.8. The van der Waals surface area contributed by atoms with Gasteiger partial charge in [-0.1, -0.05) is 30.3 Å². The molecule has 1 unspecified atom stereocenters. The van der Waals surface area contributed by atoms with Gasteiger partial charge in [0.05, 0.1) is 11.6 Å². The van der Waals surface area contributed by atoms with E-state index in [1.54, 1.807) is 17.0 Å². The third-order valence-corrected chi connectivity index (χ3v) is 5.47. The number of pyridine rings is 1. The van der Waals surface area contributed by atoms with E-state index in [4.69, 9.17) is 4.74 Å². The largest absolute Gasteiger partial charge is 0.487 e. The van der Waals surface area contributed by atoms with E-state index in [1.807, 2.05) is 77.5 Å². The van der Waals surface area contributed by atoms with E-state index in [0.717, 1.165) is 17.0 Å². The number of carbonyl (C=O) groups excluding carboxylic acids is 2. The van der Waals surface area contributed by atoms with Gasteiger partial charge in [0.1, 0.15) is 18.0 Å². The molecule has 2 aromatic heterocycles. The van der Waals surface area contributed by atoms with Crippen LogP contribution in [0.3, 0.4) is 0 Å². The predicted octanol–water partition coefficient (Wildman–Crippen LogP) is 3.90. The zero-order chi connectivity index (χ0) is 21.9. The Labute approximate surface area is 185 Å². The second kappa shape index (κ2) is 8.55. The van der Waals surface area contributed by atoms with Gasteiger partial charge in [-0.2, -0.15) is 0 Å². The molecule has 1 fully saturated rings. The Morgan fingerprint density at radius 1 is 1.06 bits per heavy atom. The van der Waals surface area contributed by atoms with Crippen molar-refractivity contribution in [2.24, 2.45) is 5.92 Å². The molecule has 160 valence electrons. The molecule has 0 saturated carbocycles. The average molecular weight is 426 g/mol. The normalized spacial score (nSPS) is 15.8. The van der Waals surface area contributed by atoms with Crippen molar-refractivity contribution in [2.75, 3.05) is 16.8 Å². The van der Waals surface area contributed by atoms with E-state index >= 15 is 0 Å². The Hall–Kier alpha value is -4.13. The smallest absolute Gasteiger partial charge is 0.229 e. The van der Waals surface area contributed by atoms with Crippen LogP contribution >= 0.6 is 0 Å². The number of benzene rings is 2. The van der Waals surface area contributed by atoms with Crippen molar-refractivity contribution in [3.05, 3.63) is 90.9 Å². The Morgan fingerprint density at radius 2 is 1.91 bits per heavy atom. The second-order valence-corrected chi connectivity index (χ2v) is 7.75. The van der Waals surface area contributed by atoms with Gasteiger partial charge in [0.15, 0.2) is 0 Å². The summed E-state index contributed by atoms with van der Waals surface area (Å²) in [6, 6.07) is 22.5. The predicted molar refractivity (Wildman–Crippen MR) is 121 cm³/mol. The van der Waals surface area contributed by atoms with Gasteiger partial charge in [-0.15, -0.1) is 0 Å². The van der Waals surface area contributed by atoms with Crippen molar-refractivity contribution in [1.82, 2.24) is 9.38 Å². The van der Waals surface area contributed by atoms with Crippen molar-refractivity contribution in [2.45, 2.75) is 13.0 Å². The second-order valence-electron chi connectivity index (χ2n) is 7.75. The molecular formula is C25H22N4O3. The zero-order valence-electron chi connectivity index (χ0n) is 17.3. The third kappa shape index (κ3) is 4.18. The van der Waals surface area contributed by atoms with Crippen LogP contribution in [0.4, 0.5) is 11.4 Å². The van der Waals surface area contributed by atoms with E-state index in [-0.39, 0.29) is 18.2 Å². The van der Waals surface area contributed by atoms with Crippen molar-refractivity contribution >= 4 is 28.8 Å². The number of hydrogen-bond donors (Lipinski definition) is 1. The van der Waals surface area contributed by atoms with Crippen LogP contribution in [0.5, 0.6) is 5.75 Å². The minimum atomic E-state index is -0.398. The summed E-state index contributed by atoms with van der Waals surface area (Å²) in [7, 11) is 0. The van der Waals surface area contributed by atoms with E-state index in [0.29, 0.717) is 24.6 Å². The highest BCUT2D eigenvalue weighted by atomic mass is 16.5. The van der Waals surface area contributed by atoms with Crippen LogP contribution in [0.25, 0.3) is 5.65 Å². The molecule has 4 aromatic rings. The summed E-state index contributed by atoms with van der Waals surface area (Å²) < 4.78 is 7.81. The van der Waals surface area contributed by atoms with Crippen molar-refractivity contribution < 1.29 is 14.3 Å².